The Morgan fingerprint density at radius 1 is 1.30 bits per heavy atom. The molecule has 1 saturated heterocycles. The molecule has 0 amide bonds. The zero-order chi connectivity index (χ0) is 15.8. The summed E-state index contributed by atoms with van der Waals surface area (Å²) in [5.41, 5.74) is 3.25. The van der Waals surface area contributed by atoms with Gasteiger partial charge in [-0.1, -0.05) is 0 Å². The Kier molecular flexibility index (Phi) is 3.53. The van der Waals surface area contributed by atoms with Gasteiger partial charge in [0.25, 0.3) is 0 Å². The summed E-state index contributed by atoms with van der Waals surface area (Å²) in [4.78, 5) is 2.43. The van der Waals surface area contributed by atoms with Crippen molar-refractivity contribution in [2.45, 2.75) is 32.9 Å². The molecule has 1 unspecified atom stereocenters. The topological polar surface area (TPSA) is 62.9 Å². The van der Waals surface area contributed by atoms with Crippen LogP contribution >= 0.6 is 0 Å². The molecule has 0 aliphatic carbocycles. The van der Waals surface area contributed by atoms with Crippen molar-refractivity contribution in [2.75, 3.05) is 13.1 Å². The van der Waals surface area contributed by atoms with Crippen LogP contribution < -0.4 is 0 Å². The molecule has 1 fully saturated rings. The summed E-state index contributed by atoms with van der Waals surface area (Å²) < 4.78 is 8.10. The highest BCUT2D eigenvalue weighted by Gasteiger charge is 2.26. The molecule has 23 heavy (non-hydrogen) atoms. The van der Waals surface area contributed by atoms with Crippen LogP contribution in [0.2, 0.25) is 0 Å². The molecule has 6 nitrogen and oxygen atoms in total. The first kappa shape index (κ1) is 14.3. The number of nitrogens with zero attached hydrogens (tertiary/aromatic N) is 4. The lowest BCUT2D eigenvalue weighted by Crippen LogP contribution is -2.21. The van der Waals surface area contributed by atoms with Crippen LogP contribution in [0, 0.1) is 13.8 Å². The summed E-state index contributed by atoms with van der Waals surface area (Å²) in [6, 6.07) is 8.57. The smallest absolute Gasteiger partial charge is 0.152 e. The molecule has 0 radical (unpaired) electrons. The normalized spacial score (nSPS) is 18.8. The Morgan fingerprint density at radius 3 is 2.96 bits per heavy atom. The van der Waals surface area contributed by atoms with Gasteiger partial charge in [-0.2, -0.15) is 10.2 Å². The van der Waals surface area contributed by atoms with Crippen LogP contribution in [0.1, 0.15) is 29.6 Å². The van der Waals surface area contributed by atoms with Gasteiger partial charge in [-0.25, -0.2) is 0 Å². The summed E-state index contributed by atoms with van der Waals surface area (Å²) in [7, 11) is 0. The molecule has 4 rings (SSSR count). The average molecular weight is 311 g/mol. The number of H-pyrrole nitrogens is 1. The minimum absolute atomic E-state index is 0.464. The van der Waals surface area contributed by atoms with E-state index in [-0.39, 0.29) is 0 Å². The molecule has 1 atom stereocenters. The third kappa shape index (κ3) is 2.82. The van der Waals surface area contributed by atoms with Crippen LogP contribution in [0.15, 0.2) is 34.9 Å². The number of hydrogen-bond acceptors (Lipinski definition) is 4. The second-order valence-corrected chi connectivity index (χ2v) is 6.29. The van der Waals surface area contributed by atoms with E-state index in [1.165, 1.54) is 5.69 Å². The molecule has 1 aliphatic rings. The Balaban J connectivity index is 1.42. The molecule has 120 valence electrons. The van der Waals surface area contributed by atoms with Crippen molar-refractivity contribution in [3.8, 4) is 11.5 Å². The monoisotopic (exact) mass is 311 g/mol. The highest BCUT2D eigenvalue weighted by atomic mass is 16.3. The summed E-state index contributed by atoms with van der Waals surface area (Å²) in [5.74, 6) is 1.83. The van der Waals surface area contributed by atoms with Crippen molar-refractivity contribution >= 4 is 0 Å². The van der Waals surface area contributed by atoms with Gasteiger partial charge >= 0.3 is 0 Å². The van der Waals surface area contributed by atoms with Crippen LogP contribution in [0.4, 0.5) is 0 Å². The first-order valence-electron chi connectivity index (χ1n) is 8.02. The van der Waals surface area contributed by atoms with E-state index in [2.05, 4.69) is 44.8 Å². The molecular weight excluding hydrogens is 290 g/mol. The van der Waals surface area contributed by atoms with Crippen molar-refractivity contribution in [3.63, 3.8) is 0 Å². The first-order chi connectivity index (χ1) is 11.2. The fraction of sp³-hybridized carbons (Fsp3) is 0.412. The van der Waals surface area contributed by atoms with E-state index in [9.17, 15) is 0 Å². The standard InChI is InChI=1S/C17H21N5O/c1-12-9-13(2)22(20-12)14-6-8-21(10-14)11-15-3-4-17(23-15)16-5-7-18-19-16/h3-5,7,9,14H,6,8,10-11H2,1-2H3,(H,18,19). The zero-order valence-corrected chi connectivity index (χ0v) is 13.5. The summed E-state index contributed by atoms with van der Waals surface area (Å²) in [6.45, 7) is 7.11. The fourth-order valence-electron chi connectivity index (χ4n) is 3.39. The highest BCUT2D eigenvalue weighted by molar-refractivity contribution is 5.51. The molecule has 0 bridgehead atoms. The second kappa shape index (κ2) is 5.70. The van der Waals surface area contributed by atoms with Gasteiger partial charge in [0.1, 0.15) is 11.5 Å². The van der Waals surface area contributed by atoms with E-state index in [0.29, 0.717) is 6.04 Å². The van der Waals surface area contributed by atoms with Gasteiger partial charge in [-0.3, -0.25) is 14.7 Å². The molecule has 0 saturated carbocycles. The first-order valence-corrected chi connectivity index (χ1v) is 8.02. The third-order valence-corrected chi connectivity index (χ3v) is 4.45. The van der Waals surface area contributed by atoms with E-state index >= 15 is 0 Å². The van der Waals surface area contributed by atoms with E-state index in [4.69, 9.17) is 4.42 Å². The van der Waals surface area contributed by atoms with Gasteiger partial charge in [0.15, 0.2) is 5.76 Å². The minimum Gasteiger partial charge on any atom is -0.458 e. The molecule has 4 heterocycles. The highest BCUT2D eigenvalue weighted by Crippen LogP contribution is 2.26. The lowest BCUT2D eigenvalue weighted by molar-refractivity contribution is 0.284. The fourth-order valence-corrected chi connectivity index (χ4v) is 3.39. The molecule has 6 heteroatoms. The molecule has 0 aromatic carbocycles. The van der Waals surface area contributed by atoms with Crippen molar-refractivity contribution in [1.82, 2.24) is 24.9 Å². The molecule has 1 aliphatic heterocycles. The Bertz CT molecular complexity index is 786. The van der Waals surface area contributed by atoms with Crippen LogP contribution in [0.25, 0.3) is 11.5 Å². The number of rotatable bonds is 4. The van der Waals surface area contributed by atoms with Crippen LogP contribution in [-0.2, 0) is 6.54 Å². The van der Waals surface area contributed by atoms with Crippen LogP contribution in [-0.4, -0.2) is 38.0 Å². The SMILES string of the molecule is Cc1cc(C)n(C2CCN(Cc3ccc(-c4ccn[nH]4)o3)C2)n1. The maximum Gasteiger partial charge on any atom is 0.152 e. The molecule has 3 aromatic rings. The molecular formula is C17H21N5O. The number of nitrogens with one attached hydrogen (secondary N) is 1. The lowest BCUT2D eigenvalue weighted by Gasteiger charge is -2.15. The number of likely N-dealkylation sites (tertiary alicyclic amines) is 1. The maximum absolute atomic E-state index is 5.92. The van der Waals surface area contributed by atoms with Gasteiger partial charge in [0.05, 0.1) is 18.3 Å². The van der Waals surface area contributed by atoms with E-state index < -0.39 is 0 Å². The number of furan rings is 1. The van der Waals surface area contributed by atoms with E-state index in [0.717, 1.165) is 49.0 Å². The van der Waals surface area contributed by atoms with Crippen LogP contribution in [0.3, 0.4) is 0 Å². The predicted molar refractivity (Wildman–Crippen MR) is 86.9 cm³/mol. The average Bonchev–Trinajstić information content (AvgIpc) is 3.27. The van der Waals surface area contributed by atoms with Gasteiger partial charge in [0, 0.05) is 25.0 Å². The molecule has 3 aromatic heterocycles. The number of aryl methyl sites for hydroxylation is 2. The Hall–Kier alpha value is -2.34. The molecule has 1 N–H and O–H groups in total. The number of aromatic amines is 1. The van der Waals surface area contributed by atoms with Crippen molar-refractivity contribution in [1.29, 1.82) is 0 Å². The van der Waals surface area contributed by atoms with Crippen molar-refractivity contribution < 1.29 is 4.42 Å². The maximum atomic E-state index is 5.92. The third-order valence-electron chi connectivity index (χ3n) is 4.45. The predicted octanol–water partition coefficient (Wildman–Crippen LogP) is 2.93. The summed E-state index contributed by atoms with van der Waals surface area (Å²) >= 11 is 0. The Morgan fingerprint density at radius 2 is 2.22 bits per heavy atom. The molecule has 0 spiro atoms. The number of hydrogen-bond donors (Lipinski definition) is 1. The largest absolute Gasteiger partial charge is 0.458 e. The minimum atomic E-state index is 0.464. The van der Waals surface area contributed by atoms with Gasteiger partial charge in [0.2, 0.25) is 0 Å². The summed E-state index contributed by atoms with van der Waals surface area (Å²) in [5, 5.41) is 11.5. The quantitative estimate of drug-likeness (QED) is 0.804. The second-order valence-electron chi connectivity index (χ2n) is 6.29. The zero-order valence-electron chi connectivity index (χ0n) is 13.5. The van der Waals surface area contributed by atoms with Gasteiger partial charge in [-0.05, 0) is 44.5 Å². The Labute approximate surface area is 135 Å². The van der Waals surface area contributed by atoms with E-state index in [1.807, 2.05) is 18.2 Å². The van der Waals surface area contributed by atoms with Crippen molar-refractivity contribution in [3.05, 3.63) is 47.6 Å². The van der Waals surface area contributed by atoms with Gasteiger partial charge in [-0.15, -0.1) is 0 Å². The van der Waals surface area contributed by atoms with Gasteiger partial charge < -0.3 is 4.42 Å². The van der Waals surface area contributed by atoms with E-state index in [1.54, 1.807) is 6.20 Å². The lowest BCUT2D eigenvalue weighted by atomic mass is 10.2. The van der Waals surface area contributed by atoms with Crippen molar-refractivity contribution in [2.24, 2.45) is 0 Å². The number of aromatic nitrogens is 4. The van der Waals surface area contributed by atoms with Crippen LogP contribution in [0.5, 0.6) is 0 Å². The summed E-state index contributed by atoms with van der Waals surface area (Å²) in [6.07, 6.45) is 2.87.